The number of ether oxygens (including phenoxy) is 1. The molecule has 0 aliphatic heterocycles. The molecule has 0 radical (unpaired) electrons. The van der Waals surface area contributed by atoms with Crippen molar-refractivity contribution in [2.75, 3.05) is 0 Å². The Hall–Kier alpha value is -0.240. The Labute approximate surface area is 96.6 Å². The van der Waals surface area contributed by atoms with Gasteiger partial charge in [0.1, 0.15) is 3.70 Å². The zero-order valence-corrected chi connectivity index (χ0v) is 9.74. The normalized spacial score (nSPS) is 11.6. The number of rotatable bonds is 1. The van der Waals surface area contributed by atoms with Gasteiger partial charge >= 0.3 is 6.36 Å². The van der Waals surface area contributed by atoms with Crippen molar-refractivity contribution in [1.29, 1.82) is 0 Å². The Kier molecular flexibility index (Phi) is 3.46. The van der Waals surface area contributed by atoms with Gasteiger partial charge in [-0.1, -0.05) is 11.6 Å². The molecule has 0 bridgehead atoms. The summed E-state index contributed by atoms with van der Waals surface area (Å²) < 4.78 is 39.9. The van der Waals surface area contributed by atoms with Gasteiger partial charge in [0.15, 0.2) is 10.9 Å². The molecule has 0 aromatic carbocycles. The van der Waals surface area contributed by atoms with Gasteiger partial charge in [0, 0.05) is 0 Å². The molecule has 0 aliphatic rings. The minimum absolute atomic E-state index is 0.285. The van der Waals surface area contributed by atoms with Gasteiger partial charge in [-0.3, -0.25) is 0 Å². The molecule has 2 nitrogen and oxygen atoms in total. The van der Waals surface area contributed by atoms with Gasteiger partial charge in [-0.05, 0) is 41.1 Å². The predicted octanol–water partition coefficient (Wildman–Crippen LogP) is 3.55. The molecule has 0 amide bonds. The van der Waals surface area contributed by atoms with E-state index in [0.717, 1.165) is 0 Å². The van der Waals surface area contributed by atoms with Gasteiger partial charge in [0.05, 0.1) is 0 Å². The number of aromatic nitrogens is 1. The van der Waals surface area contributed by atoms with Gasteiger partial charge in [-0.2, -0.15) is 0 Å². The first-order valence-electron chi connectivity index (χ1n) is 3.38. The van der Waals surface area contributed by atoms with E-state index in [9.17, 15) is 13.2 Å². The van der Waals surface area contributed by atoms with Crippen molar-refractivity contribution >= 4 is 34.2 Å². The Balaban J connectivity index is 3.09. The minimum Gasteiger partial charge on any atom is -0.402 e. The van der Waals surface area contributed by atoms with E-state index in [4.69, 9.17) is 11.6 Å². The third-order valence-corrected chi connectivity index (χ3v) is 2.11. The van der Waals surface area contributed by atoms with E-state index in [2.05, 4.69) is 9.72 Å². The Bertz CT molecular complexity index is 332. The standard InChI is InChI=1S/C7H4ClF3INO/c1-3-2-4(12)13-6(8)5(3)14-7(9,10)11/h2H,1H3. The summed E-state index contributed by atoms with van der Waals surface area (Å²) in [6, 6.07) is 1.45. The summed E-state index contributed by atoms with van der Waals surface area (Å²) >= 11 is 7.35. The maximum Gasteiger partial charge on any atom is 0.573 e. The van der Waals surface area contributed by atoms with Crippen LogP contribution in [0.4, 0.5) is 13.2 Å². The lowest BCUT2D eigenvalue weighted by Crippen LogP contribution is -2.18. The van der Waals surface area contributed by atoms with Crippen molar-refractivity contribution in [3.8, 4) is 5.75 Å². The molecule has 14 heavy (non-hydrogen) atoms. The van der Waals surface area contributed by atoms with Crippen molar-refractivity contribution in [3.05, 3.63) is 20.5 Å². The second-order valence-electron chi connectivity index (χ2n) is 2.43. The number of pyridine rings is 1. The highest BCUT2D eigenvalue weighted by Gasteiger charge is 2.33. The van der Waals surface area contributed by atoms with E-state index in [1.165, 1.54) is 13.0 Å². The molecular formula is C7H4ClF3INO. The molecule has 0 saturated heterocycles. The number of nitrogens with zero attached hydrogens (tertiary/aromatic N) is 1. The van der Waals surface area contributed by atoms with Gasteiger partial charge in [0.25, 0.3) is 0 Å². The molecule has 1 aromatic heterocycles. The van der Waals surface area contributed by atoms with Crippen LogP contribution >= 0.6 is 34.2 Å². The van der Waals surface area contributed by atoms with Crippen molar-refractivity contribution in [2.45, 2.75) is 13.3 Å². The van der Waals surface area contributed by atoms with Crippen LogP contribution in [-0.2, 0) is 0 Å². The maximum absolute atomic E-state index is 11.9. The van der Waals surface area contributed by atoms with Crippen LogP contribution in [0.25, 0.3) is 0 Å². The monoisotopic (exact) mass is 337 g/mol. The molecular weight excluding hydrogens is 333 g/mol. The average Bonchev–Trinajstić information content (AvgIpc) is 1.95. The average molecular weight is 337 g/mol. The Morgan fingerprint density at radius 3 is 2.50 bits per heavy atom. The van der Waals surface area contributed by atoms with E-state index < -0.39 is 12.1 Å². The van der Waals surface area contributed by atoms with Crippen LogP contribution in [0.3, 0.4) is 0 Å². The summed E-state index contributed by atoms with van der Waals surface area (Å²) in [7, 11) is 0. The quantitative estimate of drug-likeness (QED) is 0.577. The van der Waals surface area contributed by atoms with Gasteiger partial charge < -0.3 is 4.74 Å². The molecule has 0 atom stereocenters. The number of hydrogen-bond donors (Lipinski definition) is 0. The zero-order chi connectivity index (χ0) is 10.9. The topological polar surface area (TPSA) is 22.1 Å². The summed E-state index contributed by atoms with van der Waals surface area (Å²) in [6.45, 7) is 1.47. The molecule has 0 aliphatic carbocycles. The fraction of sp³-hybridized carbons (Fsp3) is 0.286. The van der Waals surface area contributed by atoms with Crippen LogP contribution in [0.2, 0.25) is 5.15 Å². The lowest BCUT2D eigenvalue weighted by Gasteiger charge is -2.12. The molecule has 1 heterocycles. The van der Waals surface area contributed by atoms with Crippen molar-refractivity contribution in [3.63, 3.8) is 0 Å². The van der Waals surface area contributed by atoms with E-state index in [1.54, 1.807) is 0 Å². The summed E-state index contributed by atoms with van der Waals surface area (Å²) in [5.74, 6) is -0.445. The summed E-state index contributed by atoms with van der Waals surface area (Å²) in [5, 5.41) is -0.285. The Morgan fingerprint density at radius 2 is 2.07 bits per heavy atom. The lowest BCUT2D eigenvalue weighted by atomic mass is 10.3. The van der Waals surface area contributed by atoms with Gasteiger partial charge in [0.2, 0.25) is 0 Å². The third-order valence-electron chi connectivity index (χ3n) is 1.30. The van der Waals surface area contributed by atoms with E-state index >= 15 is 0 Å². The van der Waals surface area contributed by atoms with Crippen LogP contribution in [0, 0.1) is 10.6 Å². The molecule has 1 rings (SSSR count). The van der Waals surface area contributed by atoms with Crippen molar-refractivity contribution < 1.29 is 17.9 Å². The SMILES string of the molecule is Cc1cc(I)nc(Cl)c1OC(F)(F)F. The van der Waals surface area contributed by atoms with Crippen LogP contribution in [0.1, 0.15) is 5.56 Å². The fourth-order valence-electron chi connectivity index (χ4n) is 0.822. The highest BCUT2D eigenvalue weighted by Crippen LogP contribution is 2.32. The van der Waals surface area contributed by atoms with Crippen LogP contribution in [-0.4, -0.2) is 11.3 Å². The molecule has 0 unspecified atom stereocenters. The first kappa shape index (κ1) is 11.8. The summed E-state index contributed by atoms with van der Waals surface area (Å²) in [6.07, 6.45) is -4.75. The number of alkyl halides is 3. The zero-order valence-electron chi connectivity index (χ0n) is 6.82. The number of hydrogen-bond acceptors (Lipinski definition) is 2. The minimum atomic E-state index is -4.75. The third kappa shape index (κ3) is 3.16. The van der Waals surface area contributed by atoms with Crippen LogP contribution < -0.4 is 4.74 Å². The number of halogens is 5. The summed E-state index contributed by atoms with van der Waals surface area (Å²) in [4.78, 5) is 3.65. The molecule has 0 spiro atoms. The first-order valence-corrected chi connectivity index (χ1v) is 4.83. The molecule has 7 heteroatoms. The molecule has 0 N–H and O–H groups in total. The smallest absolute Gasteiger partial charge is 0.402 e. The fourth-order valence-corrected chi connectivity index (χ4v) is 1.95. The van der Waals surface area contributed by atoms with Crippen molar-refractivity contribution in [1.82, 2.24) is 4.98 Å². The molecule has 0 saturated carbocycles. The highest BCUT2D eigenvalue weighted by molar-refractivity contribution is 14.1. The Morgan fingerprint density at radius 1 is 1.50 bits per heavy atom. The molecule has 1 aromatic rings. The predicted molar refractivity (Wildman–Crippen MR) is 53.4 cm³/mol. The first-order chi connectivity index (χ1) is 6.29. The summed E-state index contributed by atoms with van der Waals surface area (Å²) in [5.41, 5.74) is 0.298. The molecule has 78 valence electrons. The van der Waals surface area contributed by atoms with Gasteiger partial charge in [-0.25, -0.2) is 4.98 Å². The molecule has 0 fully saturated rings. The van der Waals surface area contributed by atoms with Crippen molar-refractivity contribution in [2.24, 2.45) is 0 Å². The van der Waals surface area contributed by atoms with Crippen LogP contribution in [0.15, 0.2) is 6.07 Å². The largest absolute Gasteiger partial charge is 0.573 e. The highest BCUT2D eigenvalue weighted by atomic mass is 127. The van der Waals surface area contributed by atoms with E-state index in [1.807, 2.05) is 22.6 Å². The van der Waals surface area contributed by atoms with Crippen LogP contribution in [0.5, 0.6) is 5.75 Å². The maximum atomic E-state index is 11.9. The van der Waals surface area contributed by atoms with Gasteiger partial charge in [-0.15, -0.1) is 13.2 Å². The van der Waals surface area contributed by atoms with E-state index in [0.29, 0.717) is 9.26 Å². The van der Waals surface area contributed by atoms with E-state index in [-0.39, 0.29) is 5.15 Å². The second kappa shape index (κ2) is 4.09. The lowest BCUT2D eigenvalue weighted by molar-refractivity contribution is -0.274. The second-order valence-corrected chi connectivity index (χ2v) is 3.89. The number of aryl methyl sites for hydroxylation is 1.